The number of carboxylic acids is 1. The molecule has 0 aliphatic rings. The standard InChI is InChI=1S/C10H7NO4/c12-9-5-6(10(13)14)4-7(11-9)8-2-1-3-15-8/h1-5H,(H,11,12)(H,13,14). The van der Waals surface area contributed by atoms with Gasteiger partial charge in [0.05, 0.1) is 17.5 Å². The lowest BCUT2D eigenvalue weighted by Gasteiger charge is -1.98. The van der Waals surface area contributed by atoms with Gasteiger partial charge in [0.2, 0.25) is 5.56 Å². The van der Waals surface area contributed by atoms with E-state index in [4.69, 9.17) is 9.52 Å². The van der Waals surface area contributed by atoms with Crippen molar-refractivity contribution in [2.75, 3.05) is 0 Å². The molecule has 0 spiro atoms. The van der Waals surface area contributed by atoms with Crippen molar-refractivity contribution in [1.82, 2.24) is 4.98 Å². The second kappa shape index (κ2) is 3.45. The lowest BCUT2D eigenvalue weighted by Crippen LogP contribution is -2.10. The molecule has 0 saturated heterocycles. The van der Waals surface area contributed by atoms with Crippen LogP contribution in [0.5, 0.6) is 0 Å². The number of hydrogen-bond donors (Lipinski definition) is 2. The van der Waals surface area contributed by atoms with Crippen LogP contribution in [0.15, 0.2) is 39.7 Å². The van der Waals surface area contributed by atoms with E-state index in [9.17, 15) is 9.59 Å². The quantitative estimate of drug-likeness (QED) is 0.774. The SMILES string of the molecule is O=C(O)c1cc(-c2ccco2)[nH]c(=O)c1. The molecule has 5 nitrogen and oxygen atoms in total. The number of rotatable bonds is 2. The summed E-state index contributed by atoms with van der Waals surface area (Å²) in [6, 6.07) is 5.66. The number of nitrogens with one attached hydrogen (secondary N) is 1. The predicted octanol–water partition coefficient (Wildman–Crippen LogP) is 1.33. The monoisotopic (exact) mass is 205 g/mol. The lowest BCUT2D eigenvalue weighted by molar-refractivity contribution is 0.0696. The fourth-order valence-electron chi connectivity index (χ4n) is 1.23. The Hall–Kier alpha value is -2.30. The highest BCUT2D eigenvalue weighted by molar-refractivity contribution is 5.88. The number of H-pyrrole nitrogens is 1. The van der Waals surface area contributed by atoms with E-state index in [1.54, 1.807) is 12.1 Å². The molecule has 0 saturated carbocycles. The van der Waals surface area contributed by atoms with Crippen molar-refractivity contribution in [3.8, 4) is 11.5 Å². The minimum Gasteiger partial charge on any atom is -0.478 e. The van der Waals surface area contributed by atoms with E-state index in [1.165, 1.54) is 12.3 Å². The number of furan rings is 1. The number of carboxylic acid groups (broad SMARTS) is 1. The molecule has 0 aliphatic carbocycles. The Morgan fingerprint density at radius 3 is 2.80 bits per heavy atom. The van der Waals surface area contributed by atoms with Gasteiger partial charge in [-0.05, 0) is 18.2 Å². The molecule has 0 amide bonds. The molecule has 2 heterocycles. The van der Waals surface area contributed by atoms with Crippen molar-refractivity contribution in [1.29, 1.82) is 0 Å². The van der Waals surface area contributed by atoms with Crippen LogP contribution in [0.4, 0.5) is 0 Å². The van der Waals surface area contributed by atoms with Crippen molar-refractivity contribution in [3.63, 3.8) is 0 Å². The molecular weight excluding hydrogens is 198 g/mol. The molecule has 0 aromatic carbocycles. The van der Waals surface area contributed by atoms with Gasteiger partial charge in [-0.25, -0.2) is 4.79 Å². The van der Waals surface area contributed by atoms with Crippen LogP contribution in [0, 0.1) is 0 Å². The highest BCUT2D eigenvalue weighted by Gasteiger charge is 2.08. The molecule has 0 fully saturated rings. The molecule has 0 aliphatic heterocycles. The van der Waals surface area contributed by atoms with Crippen LogP contribution in [0.3, 0.4) is 0 Å². The highest BCUT2D eigenvalue weighted by Crippen LogP contribution is 2.16. The summed E-state index contributed by atoms with van der Waals surface area (Å²) < 4.78 is 5.05. The Bertz CT molecular complexity index is 539. The Labute approximate surface area is 84.0 Å². The van der Waals surface area contributed by atoms with Gasteiger partial charge in [0, 0.05) is 6.07 Å². The van der Waals surface area contributed by atoms with E-state index in [0.29, 0.717) is 11.5 Å². The summed E-state index contributed by atoms with van der Waals surface area (Å²) >= 11 is 0. The minimum absolute atomic E-state index is 0.0647. The first-order valence-corrected chi connectivity index (χ1v) is 4.18. The normalized spacial score (nSPS) is 10.1. The van der Waals surface area contributed by atoms with Crippen LogP contribution < -0.4 is 5.56 Å². The zero-order valence-electron chi connectivity index (χ0n) is 7.56. The maximum Gasteiger partial charge on any atom is 0.335 e. The number of pyridine rings is 1. The van der Waals surface area contributed by atoms with Gasteiger partial charge in [-0.1, -0.05) is 0 Å². The van der Waals surface area contributed by atoms with E-state index >= 15 is 0 Å². The number of aromatic nitrogens is 1. The number of aromatic amines is 1. The fraction of sp³-hybridized carbons (Fsp3) is 0. The zero-order valence-corrected chi connectivity index (χ0v) is 7.56. The van der Waals surface area contributed by atoms with E-state index in [-0.39, 0.29) is 5.56 Å². The second-order valence-electron chi connectivity index (χ2n) is 2.93. The molecule has 0 radical (unpaired) electrons. The molecule has 2 aromatic rings. The van der Waals surface area contributed by atoms with Crippen LogP contribution in [0.25, 0.3) is 11.5 Å². The Morgan fingerprint density at radius 1 is 1.40 bits per heavy atom. The van der Waals surface area contributed by atoms with Crippen molar-refractivity contribution >= 4 is 5.97 Å². The van der Waals surface area contributed by atoms with Gasteiger partial charge in [-0.15, -0.1) is 0 Å². The smallest absolute Gasteiger partial charge is 0.335 e. The van der Waals surface area contributed by atoms with Gasteiger partial charge in [-0.2, -0.15) is 0 Å². The molecule has 76 valence electrons. The predicted molar refractivity (Wildman–Crippen MR) is 51.7 cm³/mol. The van der Waals surface area contributed by atoms with Gasteiger partial charge in [0.15, 0.2) is 0 Å². The Morgan fingerprint density at radius 2 is 2.20 bits per heavy atom. The summed E-state index contributed by atoms with van der Waals surface area (Å²) in [7, 11) is 0. The summed E-state index contributed by atoms with van der Waals surface area (Å²) in [5, 5.41) is 8.75. The molecule has 0 unspecified atom stereocenters. The average Bonchev–Trinajstić information content (AvgIpc) is 2.69. The first-order valence-electron chi connectivity index (χ1n) is 4.18. The third-order valence-corrected chi connectivity index (χ3v) is 1.88. The van der Waals surface area contributed by atoms with E-state index in [2.05, 4.69) is 4.98 Å². The maximum absolute atomic E-state index is 11.2. The molecule has 5 heteroatoms. The molecular formula is C10H7NO4. The lowest BCUT2D eigenvalue weighted by atomic mass is 10.2. The molecule has 15 heavy (non-hydrogen) atoms. The second-order valence-corrected chi connectivity index (χ2v) is 2.93. The van der Waals surface area contributed by atoms with Crippen LogP contribution >= 0.6 is 0 Å². The van der Waals surface area contributed by atoms with Crippen molar-refractivity contribution in [3.05, 3.63) is 46.4 Å². The first kappa shape index (κ1) is 9.26. The molecule has 2 aromatic heterocycles. The summed E-state index contributed by atoms with van der Waals surface area (Å²) in [4.78, 5) is 24.3. The average molecular weight is 205 g/mol. The summed E-state index contributed by atoms with van der Waals surface area (Å²) in [5.74, 6) is -0.718. The van der Waals surface area contributed by atoms with Crippen molar-refractivity contribution in [2.45, 2.75) is 0 Å². The Kier molecular flexibility index (Phi) is 2.13. The van der Waals surface area contributed by atoms with E-state index < -0.39 is 11.5 Å². The Balaban J connectivity index is 2.59. The number of aromatic carboxylic acids is 1. The fourth-order valence-corrected chi connectivity index (χ4v) is 1.23. The topological polar surface area (TPSA) is 83.3 Å². The number of hydrogen-bond acceptors (Lipinski definition) is 3. The largest absolute Gasteiger partial charge is 0.478 e. The molecule has 2 rings (SSSR count). The van der Waals surface area contributed by atoms with Crippen LogP contribution in [0.1, 0.15) is 10.4 Å². The molecule has 0 atom stereocenters. The van der Waals surface area contributed by atoms with Crippen LogP contribution in [-0.4, -0.2) is 16.1 Å². The van der Waals surface area contributed by atoms with Crippen molar-refractivity contribution in [2.24, 2.45) is 0 Å². The van der Waals surface area contributed by atoms with Gasteiger partial charge in [0.25, 0.3) is 0 Å². The molecule has 2 N–H and O–H groups in total. The summed E-state index contributed by atoms with van der Waals surface area (Å²) in [6.45, 7) is 0. The maximum atomic E-state index is 11.2. The zero-order chi connectivity index (χ0) is 10.8. The van der Waals surface area contributed by atoms with Crippen molar-refractivity contribution < 1.29 is 14.3 Å². The van der Waals surface area contributed by atoms with Gasteiger partial charge in [0.1, 0.15) is 5.76 Å². The van der Waals surface area contributed by atoms with Gasteiger partial charge < -0.3 is 14.5 Å². The summed E-state index contributed by atoms with van der Waals surface area (Å²) in [6.07, 6.45) is 1.45. The van der Waals surface area contributed by atoms with E-state index in [1.807, 2.05) is 0 Å². The third kappa shape index (κ3) is 1.80. The number of carbonyl (C=O) groups is 1. The van der Waals surface area contributed by atoms with Crippen LogP contribution in [0.2, 0.25) is 0 Å². The van der Waals surface area contributed by atoms with Crippen LogP contribution in [-0.2, 0) is 0 Å². The van der Waals surface area contributed by atoms with Gasteiger partial charge in [-0.3, -0.25) is 4.79 Å². The summed E-state index contributed by atoms with van der Waals surface area (Å²) in [5.41, 5.74) is -0.184. The van der Waals surface area contributed by atoms with Gasteiger partial charge >= 0.3 is 5.97 Å². The third-order valence-electron chi connectivity index (χ3n) is 1.88. The molecule has 0 bridgehead atoms. The highest BCUT2D eigenvalue weighted by atomic mass is 16.4. The minimum atomic E-state index is -1.14. The van der Waals surface area contributed by atoms with E-state index in [0.717, 1.165) is 6.07 Å². The first-order chi connectivity index (χ1) is 7.16.